The lowest BCUT2D eigenvalue weighted by atomic mass is 10.1. The van der Waals surface area contributed by atoms with E-state index in [4.69, 9.17) is 5.73 Å². The molecular weight excluding hydrogens is 289 g/mol. The van der Waals surface area contributed by atoms with E-state index in [0.29, 0.717) is 24.4 Å². The number of rotatable bonds is 4. The van der Waals surface area contributed by atoms with Gasteiger partial charge in [-0.2, -0.15) is 13.2 Å². The molecule has 0 radical (unpaired) electrons. The molecule has 2 rings (SSSR count). The second-order valence-corrected chi connectivity index (χ2v) is 5.17. The van der Waals surface area contributed by atoms with Crippen LogP contribution in [0.4, 0.5) is 18.3 Å². The van der Waals surface area contributed by atoms with Gasteiger partial charge in [0.2, 0.25) is 10.1 Å². The predicted molar refractivity (Wildman–Crippen MR) is 71.4 cm³/mol. The molecule has 1 heterocycles. The summed E-state index contributed by atoms with van der Waals surface area (Å²) < 4.78 is 37.4. The van der Waals surface area contributed by atoms with E-state index in [2.05, 4.69) is 10.2 Å². The Balaban J connectivity index is 2.16. The van der Waals surface area contributed by atoms with Gasteiger partial charge < -0.3 is 10.6 Å². The van der Waals surface area contributed by atoms with Gasteiger partial charge in [0.25, 0.3) is 0 Å². The number of hydrogen-bond acceptors (Lipinski definition) is 5. The van der Waals surface area contributed by atoms with Gasteiger partial charge >= 0.3 is 6.18 Å². The zero-order chi connectivity index (χ0) is 14.8. The Hall–Kier alpha value is -1.67. The molecule has 0 amide bonds. The number of alkyl halides is 3. The third-order valence-electron chi connectivity index (χ3n) is 2.73. The van der Waals surface area contributed by atoms with Crippen LogP contribution in [0.3, 0.4) is 0 Å². The fraction of sp³-hybridized carbons (Fsp3) is 0.333. The van der Waals surface area contributed by atoms with Crippen LogP contribution in [0.1, 0.15) is 16.1 Å². The van der Waals surface area contributed by atoms with Crippen molar-refractivity contribution in [3.05, 3.63) is 40.4 Å². The molecule has 2 N–H and O–H groups in total. The molecule has 0 fully saturated rings. The topological polar surface area (TPSA) is 55.0 Å². The summed E-state index contributed by atoms with van der Waals surface area (Å²) in [6.07, 6.45) is -4.45. The van der Waals surface area contributed by atoms with Gasteiger partial charge in [-0.25, -0.2) is 0 Å². The SMILES string of the molecule is CN(Cc1ccccc1CN)c1nnc(C(F)(F)F)s1. The van der Waals surface area contributed by atoms with E-state index in [1.54, 1.807) is 11.9 Å². The Morgan fingerprint density at radius 3 is 2.40 bits per heavy atom. The van der Waals surface area contributed by atoms with Crippen molar-refractivity contribution in [1.29, 1.82) is 0 Å². The summed E-state index contributed by atoms with van der Waals surface area (Å²) in [5.41, 5.74) is 7.55. The summed E-state index contributed by atoms with van der Waals surface area (Å²) in [5.74, 6) is 0. The molecular formula is C12H13F3N4S. The molecule has 20 heavy (non-hydrogen) atoms. The highest BCUT2D eigenvalue weighted by Gasteiger charge is 2.36. The Labute approximate surface area is 118 Å². The van der Waals surface area contributed by atoms with Gasteiger partial charge in [0, 0.05) is 20.1 Å². The van der Waals surface area contributed by atoms with E-state index < -0.39 is 11.2 Å². The molecule has 1 aromatic heterocycles. The lowest BCUT2D eigenvalue weighted by Crippen LogP contribution is -2.18. The van der Waals surface area contributed by atoms with Crippen molar-refractivity contribution in [2.45, 2.75) is 19.3 Å². The Morgan fingerprint density at radius 1 is 1.20 bits per heavy atom. The molecule has 0 bridgehead atoms. The van der Waals surface area contributed by atoms with Crippen LogP contribution in [-0.4, -0.2) is 17.2 Å². The summed E-state index contributed by atoms with van der Waals surface area (Å²) in [4.78, 5) is 1.63. The van der Waals surface area contributed by atoms with Gasteiger partial charge in [0.15, 0.2) is 0 Å². The van der Waals surface area contributed by atoms with Crippen molar-refractivity contribution in [3.63, 3.8) is 0 Å². The molecule has 0 aliphatic carbocycles. The van der Waals surface area contributed by atoms with Crippen molar-refractivity contribution >= 4 is 16.5 Å². The maximum atomic E-state index is 12.5. The molecule has 0 aliphatic heterocycles. The zero-order valence-electron chi connectivity index (χ0n) is 10.7. The van der Waals surface area contributed by atoms with E-state index in [9.17, 15) is 13.2 Å². The average molecular weight is 302 g/mol. The monoisotopic (exact) mass is 302 g/mol. The number of nitrogens with two attached hydrogens (primary N) is 1. The Bertz CT molecular complexity index is 582. The minimum Gasteiger partial charge on any atom is -0.345 e. The van der Waals surface area contributed by atoms with E-state index in [1.807, 2.05) is 24.3 Å². The van der Waals surface area contributed by atoms with Crippen LogP contribution in [0, 0.1) is 0 Å². The zero-order valence-corrected chi connectivity index (χ0v) is 11.5. The number of anilines is 1. The molecule has 0 atom stereocenters. The highest BCUT2D eigenvalue weighted by molar-refractivity contribution is 7.15. The highest BCUT2D eigenvalue weighted by atomic mass is 32.1. The third kappa shape index (κ3) is 3.26. The second kappa shape index (κ2) is 5.76. The molecule has 8 heteroatoms. The van der Waals surface area contributed by atoms with E-state index >= 15 is 0 Å². The van der Waals surface area contributed by atoms with Crippen LogP contribution < -0.4 is 10.6 Å². The summed E-state index contributed by atoms with van der Waals surface area (Å²) in [7, 11) is 1.67. The molecule has 0 unspecified atom stereocenters. The maximum absolute atomic E-state index is 12.5. The van der Waals surface area contributed by atoms with Crippen molar-refractivity contribution < 1.29 is 13.2 Å². The fourth-order valence-electron chi connectivity index (χ4n) is 1.72. The molecule has 0 saturated carbocycles. The quantitative estimate of drug-likeness (QED) is 0.943. The number of halogens is 3. The molecule has 0 aliphatic rings. The molecule has 0 spiro atoms. The van der Waals surface area contributed by atoms with Crippen molar-refractivity contribution in [3.8, 4) is 0 Å². The van der Waals surface area contributed by atoms with Gasteiger partial charge in [-0.05, 0) is 11.1 Å². The minimum absolute atomic E-state index is 0.226. The highest BCUT2D eigenvalue weighted by Crippen LogP contribution is 2.34. The predicted octanol–water partition coefficient (Wildman–Crippen LogP) is 2.65. The number of nitrogens with zero attached hydrogens (tertiary/aromatic N) is 3. The minimum atomic E-state index is -4.45. The normalized spacial score (nSPS) is 11.7. The number of benzene rings is 1. The lowest BCUT2D eigenvalue weighted by molar-refractivity contribution is -0.138. The summed E-state index contributed by atoms with van der Waals surface area (Å²) >= 11 is 0.528. The fourth-order valence-corrected chi connectivity index (χ4v) is 2.39. The van der Waals surface area contributed by atoms with Crippen molar-refractivity contribution in [1.82, 2.24) is 10.2 Å². The van der Waals surface area contributed by atoms with Gasteiger partial charge in [-0.15, -0.1) is 10.2 Å². The first-order chi connectivity index (χ1) is 9.41. The van der Waals surface area contributed by atoms with Crippen LogP contribution in [0.25, 0.3) is 0 Å². The van der Waals surface area contributed by atoms with E-state index in [0.717, 1.165) is 11.1 Å². The van der Waals surface area contributed by atoms with Crippen LogP contribution in [0.2, 0.25) is 0 Å². The van der Waals surface area contributed by atoms with Crippen LogP contribution in [-0.2, 0) is 19.3 Å². The smallest absolute Gasteiger partial charge is 0.345 e. The third-order valence-corrected chi connectivity index (χ3v) is 3.81. The summed E-state index contributed by atoms with van der Waals surface area (Å²) in [6, 6.07) is 7.52. The molecule has 2 aromatic rings. The average Bonchev–Trinajstić information content (AvgIpc) is 2.89. The lowest BCUT2D eigenvalue weighted by Gasteiger charge is -2.17. The van der Waals surface area contributed by atoms with Gasteiger partial charge in [0.1, 0.15) is 0 Å². The molecule has 0 saturated heterocycles. The number of hydrogen-bond donors (Lipinski definition) is 1. The van der Waals surface area contributed by atoms with Crippen LogP contribution in [0.15, 0.2) is 24.3 Å². The molecule has 1 aromatic carbocycles. The Morgan fingerprint density at radius 2 is 1.85 bits per heavy atom. The largest absolute Gasteiger partial charge is 0.445 e. The van der Waals surface area contributed by atoms with Gasteiger partial charge in [-0.3, -0.25) is 0 Å². The van der Waals surface area contributed by atoms with Crippen LogP contribution in [0.5, 0.6) is 0 Å². The van der Waals surface area contributed by atoms with Gasteiger partial charge in [0.05, 0.1) is 0 Å². The van der Waals surface area contributed by atoms with Crippen molar-refractivity contribution in [2.75, 3.05) is 11.9 Å². The van der Waals surface area contributed by atoms with Crippen LogP contribution >= 0.6 is 11.3 Å². The van der Waals surface area contributed by atoms with Crippen molar-refractivity contribution in [2.24, 2.45) is 5.73 Å². The first-order valence-electron chi connectivity index (χ1n) is 5.80. The first kappa shape index (κ1) is 14.7. The van der Waals surface area contributed by atoms with Gasteiger partial charge in [-0.1, -0.05) is 35.6 Å². The van der Waals surface area contributed by atoms with E-state index in [-0.39, 0.29) is 5.13 Å². The molecule has 4 nitrogen and oxygen atoms in total. The summed E-state index contributed by atoms with van der Waals surface area (Å²) in [5, 5.41) is 6.03. The maximum Gasteiger partial charge on any atom is 0.445 e. The van der Waals surface area contributed by atoms with E-state index in [1.165, 1.54) is 0 Å². The Kier molecular flexibility index (Phi) is 4.24. The standard InChI is InChI=1S/C12H13F3N4S/c1-19(7-9-5-3-2-4-8(9)6-16)11-18-17-10(20-11)12(13,14)15/h2-5H,6-7,16H2,1H3. The molecule has 108 valence electrons. The number of aromatic nitrogens is 2. The first-order valence-corrected chi connectivity index (χ1v) is 6.62. The second-order valence-electron chi connectivity index (χ2n) is 4.22. The summed E-state index contributed by atoms with van der Waals surface area (Å²) in [6.45, 7) is 0.813.